The topological polar surface area (TPSA) is 69.1 Å². The van der Waals surface area contributed by atoms with Crippen molar-refractivity contribution in [2.24, 2.45) is 0 Å². The smallest absolute Gasteiger partial charge is 0.394 e. The van der Waals surface area contributed by atoms with Gasteiger partial charge >= 0.3 is 12.4 Å². The minimum atomic E-state index is -5.06. The number of hydrogen-bond acceptors (Lipinski definition) is 6. The predicted molar refractivity (Wildman–Crippen MR) is 166 cm³/mol. The second-order valence-electron chi connectivity index (χ2n) is 12.9. The molecule has 1 amide bonds. The molecule has 0 unspecified atom stereocenters. The number of rotatable bonds is 6. The van der Waals surface area contributed by atoms with E-state index >= 15 is 0 Å². The van der Waals surface area contributed by atoms with Crippen LogP contribution in [0.4, 0.5) is 37.8 Å². The van der Waals surface area contributed by atoms with Crippen molar-refractivity contribution in [3.8, 4) is 11.1 Å². The fourth-order valence-corrected chi connectivity index (χ4v) is 6.44. The number of ether oxygens (including phenoxy) is 1. The number of piperazine rings is 1. The summed E-state index contributed by atoms with van der Waals surface area (Å²) in [6.45, 7) is 9.41. The van der Waals surface area contributed by atoms with E-state index in [0.717, 1.165) is 23.2 Å². The third kappa shape index (κ3) is 6.97. The zero-order valence-electron chi connectivity index (χ0n) is 26.8. The highest BCUT2D eigenvalue weighted by atomic mass is 19.4. The number of benzene rings is 2. The van der Waals surface area contributed by atoms with E-state index in [2.05, 4.69) is 9.88 Å². The van der Waals surface area contributed by atoms with Crippen LogP contribution in [0.2, 0.25) is 0 Å². The first-order valence-corrected chi connectivity index (χ1v) is 15.3. The van der Waals surface area contributed by atoms with Crippen molar-refractivity contribution >= 4 is 17.4 Å². The largest absolute Gasteiger partial charge is 0.416 e. The van der Waals surface area contributed by atoms with E-state index in [4.69, 9.17) is 4.74 Å². The first kappa shape index (κ1) is 34.6. The maximum absolute atomic E-state index is 14.1. The Hall–Kier alpha value is -3.68. The molecule has 5 rings (SSSR count). The highest BCUT2D eigenvalue weighted by molar-refractivity contribution is 6.03. The Labute approximate surface area is 269 Å². The Morgan fingerprint density at radius 1 is 0.957 bits per heavy atom. The lowest BCUT2D eigenvalue weighted by molar-refractivity contribution is -0.143. The SMILES string of the molecule is Cc1ccc(-c2cc(N3C[C@H]4COCCN4C[C@H]3CO)ncc2N(C)C(=O)C(C)(C)c2cc(C(F)(F)F)cc(C(F)(F)F)c2)c(C)c1. The quantitative estimate of drug-likeness (QED) is 0.316. The molecule has 2 aliphatic heterocycles. The third-order valence-corrected chi connectivity index (χ3v) is 9.20. The zero-order chi connectivity index (χ0) is 34.5. The minimum absolute atomic E-state index is 0.0492. The molecule has 0 radical (unpaired) electrons. The molecule has 2 aromatic carbocycles. The van der Waals surface area contributed by atoms with Crippen molar-refractivity contribution in [3.05, 3.63) is 76.5 Å². The number of hydrogen-bond donors (Lipinski definition) is 1. The van der Waals surface area contributed by atoms with Crippen molar-refractivity contribution in [1.82, 2.24) is 9.88 Å². The fourth-order valence-electron chi connectivity index (χ4n) is 6.44. The van der Waals surface area contributed by atoms with E-state index in [-0.39, 0.29) is 24.8 Å². The molecule has 0 aliphatic carbocycles. The van der Waals surface area contributed by atoms with E-state index in [1.54, 1.807) is 0 Å². The second kappa shape index (κ2) is 12.7. The predicted octanol–water partition coefficient (Wildman–Crippen LogP) is 6.23. The highest BCUT2D eigenvalue weighted by Crippen LogP contribution is 2.41. The maximum atomic E-state index is 14.1. The van der Waals surface area contributed by atoms with Gasteiger partial charge in [-0.2, -0.15) is 26.3 Å². The lowest BCUT2D eigenvalue weighted by Crippen LogP contribution is -2.63. The Morgan fingerprint density at radius 3 is 2.19 bits per heavy atom. The summed E-state index contributed by atoms with van der Waals surface area (Å²) in [6, 6.07) is 8.68. The fraction of sp³-hybridized carbons (Fsp3) is 0.471. The van der Waals surface area contributed by atoms with E-state index in [1.165, 1.54) is 32.0 Å². The van der Waals surface area contributed by atoms with Gasteiger partial charge in [-0.05, 0) is 68.7 Å². The van der Waals surface area contributed by atoms with Gasteiger partial charge in [-0.25, -0.2) is 4.98 Å². The van der Waals surface area contributed by atoms with Gasteiger partial charge in [0.2, 0.25) is 5.91 Å². The number of alkyl halides is 6. The molecule has 47 heavy (non-hydrogen) atoms. The van der Waals surface area contributed by atoms with Crippen molar-refractivity contribution < 1.29 is 41.0 Å². The molecule has 2 saturated heterocycles. The number of aliphatic hydroxyl groups excluding tert-OH is 1. The Balaban J connectivity index is 1.59. The van der Waals surface area contributed by atoms with Crippen LogP contribution in [-0.4, -0.2) is 79.5 Å². The molecule has 2 aliphatic rings. The molecule has 13 heteroatoms. The van der Waals surface area contributed by atoms with Crippen molar-refractivity contribution in [3.63, 3.8) is 0 Å². The monoisotopic (exact) mass is 664 g/mol. The summed E-state index contributed by atoms with van der Waals surface area (Å²) >= 11 is 0. The summed E-state index contributed by atoms with van der Waals surface area (Å²) in [4.78, 5) is 24.3. The van der Waals surface area contributed by atoms with Gasteiger partial charge in [0.25, 0.3) is 0 Å². The van der Waals surface area contributed by atoms with Crippen molar-refractivity contribution in [2.75, 3.05) is 56.3 Å². The van der Waals surface area contributed by atoms with Gasteiger partial charge in [0.1, 0.15) is 5.82 Å². The maximum Gasteiger partial charge on any atom is 0.416 e. The number of amides is 1. The molecule has 0 bridgehead atoms. The summed E-state index contributed by atoms with van der Waals surface area (Å²) in [5.74, 6) is -0.174. The number of anilines is 2. The van der Waals surface area contributed by atoms with Crippen LogP contribution in [0.5, 0.6) is 0 Å². The Kier molecular flexibility index (Phi) is 9.39. The van der Waals surface area contributed by atoms with Crippen LogP contribution in [-0.2, 0) is 27.3 Å². The zero-order valence-corrected chi connectivity index (χ0v) is 26.8. The second-order valence-corrected chi connectivity index (χ2v) is 12.9. The molecule has 7 nitrogen and oxygen atoms in total. The number of fused-ring (bicyclic) bond motifs is 1. The molecular formula is C34H38F6N4O3. The number of aryl methyl sites for hydroxylation is 2. The van der Waals surface area contributed by atoms with Gasteiger partial charge < -0.3 is 19.6 Å². The third-order valence-electron chi connectivity index (χ3n) is 9.20. The molecule has 0 spiro atoms. The van der Waals surface area contributed by atoms with Crippen molar-refractivity contribution in [2.45, 2.75) is 57.5 Å². The van der Waals surface area contributed by atoms with E-state index in [1.807, 2.05) is 43.0 Å². The average Bonchev–Trinajstić information content (AvgIpc) is 3.02. The normalized spacial score (nSPS) is 19.4. The number of nitrogens with zero attached hydrogens (tertiary/aromatic N) is 4. The minimum Gasteiger partial charge on any atom is -0.394 e. The van der Waals surface area contributed by atoms with Crippen LogP contribution in [0, 0.1) is 13.8 Å². The molecular weight excluding hydrogens is 626 g/mol. The molecule has 3 heterocycles. The van der Waals surface area contributed by atoms with Gasteiger partial charge in [0.05, 0.1) is 60.3 Å². The van der Waals surface area contributed by atoms with Gasteiger partial charge in [-0.15, -0.1) is 0 Å². The molecule has 2 fully saturated rings. The van der Waals surface area contributed by atoms with E-state index in [0.29, 0.717) is 55.5 Å². The van der Waals surface area contributed by atoms with Gasteiger partial charge in [0.15, 0.2) is 0 Å². The number of morpholine rings is 1. The van der Waals surface area contributed by atoms with Crippen LogP contribution in [0.1, 0.15) is 41.7 Å². The molecule has 3 aromatic rings. The summed E-state index contributed by atoms with van der Waals surface area (Å²) in [5.41, 5.74) is -1.62. The number of pyridine rings is 1. The van der Waals surface area contributed by atoms with Crippen LogP contribution in [0.3, 0.4) is 0 Å². The van der Waals surface area contributed by atoms with Gasteiger partial charge in [-0.3, -0.25) is 9.69 Å². The molecule has 0 saturated carbocycles. The van der Waals surface area contributed by atoms with Gasteiger partial charge in [0, 0.05) is 32.2 Å². The van der Waals surface area contributed by atoms with Crippen LogP contribution >= 0.6 is 0 Å². The number of aliphatic hydroxyl groups is 1. The molecule has 2 atom stereocenters. The first-order valence-electron chi connectivity index (χ1n) is 15.3. The molecule has 254 valence electrons. The highest BCUT2D eigenvalue weighted by Gasteiger charge is 2.42. The summed E-state index contributed by atoms with van der Waals surface area (Å²) in [7, 11) is 1.43. The van der Waals surface area contributed by atoms with Crippen LogP contribution < -0.4 is 9.80 Å². The lowest BCUT2D eigenvalue weighted by atomic mass is 9.81. The summed E-state index contributed by atoms with van der Waals surface area (Å²) in [6.07, 6.45) is -8.62. The summed E-state index contributed by atoms with van der Waals surface area (Å²) < 4.78 is 87.8. The van der Waals surface area contributed by atoms with Gasteiger partial charge in [-0.1, -0.05) is 23.8 Å². The van der Waals surface area contributed by atoms with Crippen LogP contribution in [0.15, 0.2) is 48.7 Å². The van der Waals surface area contributed by atoms with Crippen molar-refractivity contribution in [1.29, 1.82) is 0 Å². The van der Waals surface area contributed by atoms with E-state index in [9.17, 15) is 36.2 Å². The Bertz CT molecular complexity index is 1610. The average molecular weight is 665 g/mol. The van der Waals surface area contributed by atoms with E-state index < -0.39 is 40.4 Å². The number of likely N-dealkylation sites (N-methyl/N-ethyl adjacent to an activating group) is 1. The lowest BCUT2D eigenvalue weighted by Gasteiger charge is -2.48. The number of carbonyl (C=O) groups excluding carboxylic acids is 1. The molecule has 1 N–H and O–H groups in total. The number of halogens is 6. The first-order chi connectivity index (χ1) is 21.9. The Morgan fingerprint density at radius 2 is 1.60 bits per heavy atom. The molecule has 1 aromatic heterocycles. The standard InChI is InChI=1S/C34H38F6N4O3/c1-20-6-7-27(21(2)10-20)28-14-30(44-17-26-19-47-9-8-43(26)16-25(44)18-45)41-15-29(28)42(5)31(46)32(3,4)22-11-23(33(35,36)37)13-24(12-22)34(38,39)40/h6-7,10-15,25-26,45H,8-9,16-19H2,1-5H3/t25-,26-/m0/s1. The number of carbonyl (C=O) groups is 1. The number of aromatic nitrogens is 1. The summed E-state index contributed by atoms with van der Waals surface area (Å²) in [5, 5.41) is 10.3. The van der Waals surface area contributed by atoms with Crippen LogP contribution in [0.25, 0.3) is 11.1 Å².